The molecule has 0 atom stereocenters. The van der Waals surface area contributed by atoms with E-state index < -0.39 is 25.0 Å². The Morgan fingerprint density at radius 1 is 1.44 bits per heavy atom. The zero-order valence-corrected chi connectivity index (χ0v) is 10.3. The monoisotopic (exact) mass is 278 g/mol. The van der Waals surface area contributed by atoms with Gasteiger partial charge in [0, 0.05) is 6.92 Å². The molecule has 0 bridgehead atoms. The Labute approximate surface area is 106 Å². The third-order valence-electron chi connectivity index (χ3n) is 1.87. The Balaban J connectivity index is 2.57. The van der Waals surface area contributed by atoms with Crippen LogP contribution in [0.5, 0.6) is 0 Å². The highest BCUT2D eigenvalue weighted by molar-refractivity contribution is 7.18. The van der Waals surface area contributed by atoms with Gasteiger partial charge in [0.2, 0.25) is 5.91 Å². The van der Waals surface area contributed by atoms with E-state index in [2.05, 4.69) is 5.32 Å². The first-order valence-electron chi connectivity index (χ1n) is 4.98. The number of amides is 2. The van der Waals surface area contributed by atoms with E-state index in [1.807, 2.05) is 5.32 Å². The second kappa shape index (κ2) is 5.87. The molecule has 0 aliphatic rings. The normalized spacial score (nSPS) is 11.1. The van der Waals surface area contributed by atoms with Crippen LogP contribution < -0.4 is 10.6 Å². The van der Waals surface area contributed by atoms with Gasteiger partial charge >= 0.3 is 0 Å². The molecular formula is C10H12F2N2O3S. The van der Waals surface area contributed by atoms with Gasteiger partial charge in [-0.15, -0.1) is 11.3 Å². The fraction of sp³-hybridized carbons (Fsp3) is 0.400. The Morgan fingerprint density at radius 2 is 2.11 bits per heavy atom. The number of alkyl halides is 2. The lowest BCUT2D eigenvalue weighted by Crippen LogP contribution is -2.38. The highest BCUT2D eigenvalue weighted by Crippen LogP contribution is 2.22. The number of nitrogens with one attached hydrogen (secondary N) is 2. The van der Waals surface area contributed by atoms with Gasteiger partial charge in [0.25, 0.3) is 11.8 Å². The van der Waals surface area contributed by atoms with E-state index in [9.17, 15) is 18.4 Å². The Morgan fingerprint density at radius 3 is 2.67 bits per heavy atom. The molecule has 0 saturated heterocycles. The summed E-state index contributed by atoms with van der Waals surface area (Å²) in [6.07, 6.45) is 0. The van der Waals surface area contributed by atoms with Crippen molar-refractivity contribution >= 4 is 28.2 Å². The summed E-state index contributed by atoms with van der Waals surface area (Å²) >= 11 is 0.976. The summed E-state index contributed by atoms with van der Waals surface area (Å²) in [6.45, 7) is -0.939. The third kappa shape index (κ3) is 4.38. The zero-order valence-electron chi connectivity index (χ0n) is 9.50. The maximum atomic E-state index is 12.7. The number of halogens is 2. The van der Waals surface area contributed by atoms with Crippen LogP contribution in [0.3, 0.4) is 0 Å². The quantitative estimate of drug-likeness (QED) is 0.753. The molecule has 1 heterocycles. The molecule has 0 aliphatic carbocycles. The number of rotatable bonds is 5. The minimum atomic E-state index is -3.34. The lowest BCUT2D eigenvalue weighted by atomic mass is 10.3. The van der Waals surface area contributed by atoms with Crippen molar-refractivity contribution in [3.8, 4) is 0 Å². The van der Waals surface area contributed by atoms with Crippen molar-refractivity contribution in [2.75, 3.05) is 18.5 Å². The molecule has 0 saturated carbocycles. The lowest BCUT2D eigenvalue weighted by molar-refractivity contribution is -0.114. The summed E-state index contributed by atoms with van der Waals surface area (Å²) in [5, 5.41) is 13.3. The fourth-order valence-corrected chi connectivity index (χ4v) is 1.92. The van der Waals surface area contributed by atoms with E-state index >= 15 is 0 Å². The smallest absolute Gasteiger partial charge is 0.287 e. The number of aliphatic hydroxyl groups is 1. The molecule has 0 spiro atoms. The summed E-state index contributed by atoms with van der Waals surface area (Å²) < 4.78 is 25.4. The van der Waals surface area contributed by atoms with E-state index in [1.165, 1.54) is 19.1 Å². The maximum absolute atomic E-state index is 12.7. The number of thiophene rings is 1. The first-order valence-corrected chi connectivity index (χ1v) is 5.80. The van der Waals surface area contributed by atoms with Gasteiger partial charge in [-0.3, -0.25) is 9.59 Å². The van der Waals surface area contributed by atoms with Crippen LogP contribution in [0.1, 0.15) is 16.6 Å². The first-order chi connectivity index (χ1) is 8.34. The molecular weight excluding hydrogens is 266 g/mol. The minimum absolute atomic E-state index is 0.201. The van der Waals surface area contributed by atoms with Crippen molar-refractivity contribution < 1.29 is 23.5 Å². The van der Waals surface area contributed by atoms with Gasteiger partial charge in [0.05, 0.1) is 16.4 Å². The van der Waals surface area contributed by atoms with E-state index in [0.717, 1.165) is 11.3 Å². The number of anilines is 1. The van der Waals surface area contributed by atoms with Gasteiger partial charge in [-0.1, -0.05) is 0 Å². The molecule has 0 aromatic carbocycles. The van der Waals surface area contributed by atoms with Gasteiger partial charge < -0.3 is 15.7 Å². The Bertz CT molecular complexity index is 448. The predicted molar refractivity (Wildman–Crippen MR) is 63.0 cm³/mol. The first kappa shape index (κ1) is 14.5. The van der Waals surface area contributed by atoms with Gasteiger partial charge in [0.1, 0.15) is 6.61 Å². The van der Waals surface area contributed by atoms with Crippen LogP contribution in [0.15, 0.2) is 12.1 Å². The van der Waals surface area contributed by atoms with Crippen LogP contribution in [0.25, 0.3) is 0 Å². The third-order valence-corrected chi connectivity index (χ3v) is 2.87. The molecule has 1 rings (SSSR count). The predicted octanol–water partition coefficient (Wildman–Crippen LogP) is 1.06. The number of carbonyl (C=O) groups is 2. The number of aliphatic hydroxyl groups excluding tert-OH is 1. The largest absolute Gasteiger partial charge is 0.390 e. The average molecular weight is 278 g/mol. The topological polar surface area (TPSA) is 78.4 Å². The SMILES string of the molecule is CC(=O)Nc1ccc(C(=O)NCC(F)(F)CO)s1. The van der Waals surface area contributed by atoms with Gasteiger partial charge in [0.15, 0.2) is 0 Å². The molecule has 0 unspecified atom stereocenters. The van der Waals surface area contributed by atoms with Crippen LogP contribution >= 0.6 is 11.3 Å². The highest BCUT2D eigenvalue weighted by Gasteiger charge is 2.28. The molecule has 5 nitrogen and oxygen atoms in total. The highest BCUT2D eigenvalue weighted by atomic mass is 32.1. The van der Waals surface area contributed by atoms with E-state index in [4.69, 9.17) is 5.11 Å². The van der Waals surface area contributed by atoms with Gasteiger partial charge in [-0.05, 0) is 12.1 Å². The number of hydrogen-bond donors (Lipinski definition) is 3. The fourth-order valence-electron chi connectivity index (χ4n) is 1.05. The number of hydrogen-bond acceptors (Lipinski definition) is 4. The van der Waals surface area contributed by atoms with E-state index in [-0.39, 0.29) is 10.8 Å². The summed E-state index contributed by atoms with van der Waals surface area (Å²) in [5.74, 6) is -4.30. The Kier molecular flexibility index (Phi) is 4.74. The maximum Gasteiger partial charge on any atom is 0.287 e. The molecule has 0 aliphatic heterocycles. The van der Waals surface area contributed by atoms with Crippen LogP contribution in [0.2, 0.25) is 0 Å². The molecule has 1 aromatic heterocycles. The molecule has 3 N–H and O–H groups in total. The molecule has 0 fully saturated rings. The van der Waals surface area contributed by atoms with Crippen molar-refractivity contribution in [2.45, 2.75) is 12.8 Å². The average Bonchev–Trinajstić information content (AvgIpc) is 2.73. The summed E-state index contributed by atoms with van der Waals surface area (Å²) in [4.78, 5) is 22.4. The van der Waals surface area contributed by atoms with Crippen molar-refractivity contribution in [3.63, 3.8) is 0 Å². The zero-order chi connectivity index (χ0) is 13.8. The summed E-state index contributed by atoms with van der Waals surface area (Å²) in [7, 11) is 0. The molecule has 8 heteroatoms. The molecule has 0 radical (unpaired) electrons. The lowest BCUT2D eigenvalue weighted by Gasteiger charge is -2.13. The molecule has 2 amide bonds. The van der Waals surface area contributed by atoms with E-state index in [0.29, 0.717) is 5.00 Å². The van der Waals surface area contributed by atoms with Crippen molar-refractivity contribution in [3.05, 3.63) is 17.0 Å². The standard InChI is InChI=1S/C10H12F2N2O3S/c1-6(16)14-8-3-2-7(18-8)9(17)13-4-10(11,12)5-15/h2-3,15H,4-5H2,1H3,(H,13,17)(H,14,16). The minimum Gasteiger partial charge on any atom is -0.390 e. The van der Waals surface area contributed by atoms with Crippen LogP contribution in [-0.4, -0.2) is 36.0 Å². The van der Waals surface area contributed by atoms with Crippen molar-refractivity contribution in [1.29, 1.82) is 0 Å². The van der Waals surface area contributed by atoms with Gasteiger partial charge in [-0.2, -0.15) is 0 Å². The second-order valence-electron chi connectivity index (χ2n) is 3.54. The van der Waals surface area contributed by atoms with E-state index in [1.54, 1.807) is 0 Å². The second-order valence-corrected chi connectivity index (χ2v) is 4.63. The van der Waals surface area contributed by atoms with Crippen LogP contribution in [0, 0.1) is 0 Å². The van der Waals surface area contributed by atoms with Crippen molar-refractivity contribution in [1.82, 2.24) is 5.32 Å². The van der Waals surface area contributed by atoms with Crippen LogP contribution in [-0.2, 0) is 4.79 Å². The van der Waals surface area contributed by atoms with Crippen molar-refractivity contribution in [2.24, 2.45) is 0 Å². The van der Waals surface area contributed by atoms with Gasteiger partial charge in [-0.25, -0.2) is 8.78 Å². The van der Waals surface area contributed by atoms with Crippen LogP contribution in [0.4, 0.5) is 13.8 Å². The Hall–Kier alpha value is -1.54. The molecule has 100 valence electrons. The summed E-state index contributed by atoms with van der Waals surface area (Å²) in [6, 6.07) is 2.92. The summed E-state index contributed by atoms with van der Waals surface area (Å²) in [5.41, 5.74) is 0. The molecule has 1 aromatic rings. The number of carbonyl (C=O) groups excluding carboxylic acids is 2. The molecule has 18 heavy (non-hydrogen) atoms.